The van der Waals surface area contributed by atoms with Crippen LogP contribution in [0.25, 0.3) is 0 Å². The molecule has 0 N–H and O–H groups in total. The average molecular weight is 231 g/mol. The molecule has 0 atom stereocenters. The summed E-state index contributed by atoms with van der Waals surface area (Å²) < 4.78 is 1.17. The van der Waals surface area contributed by atoms with Gasteiger partial charge in [-0.1, -0.05) is 15.9 Å². The lowest BCUT2D eigenvalue weighted by Crippen LogP contribution is -1.84. The minimum atomic E-state index is 1.17. The van der Waals surface area contributed by atoms with Crippen LogP contribution < -0.4 is 0 Å². The van der Waals surface area contributed by atoms with E-state index in [9.17, 15) is 0 Å². The second kappa shape index (κ2) is 3.63. The third-order valence-electron chi connectivity index (χ3n) is 1.63. The summed E-state index contributed by atoms with van der Waals surface area (Å²) in [5.41, 5.74) is 2.70. The van der Waals surface area contributed by atoms with Crippen LogP contribution in [-0.2, 0) is 0 Å². The van der Waals surface area contributed by atoms with Gasteiger partial charge < -0.3 is 0 Å². The zero-order valence-corrected chi connectivity index (χ0v) is 9.34. The Morgan fingerprint density at radius 3 is 2.00 bits per heavy atom. The maximum atomic E-state index is 3.47. The van der Waals surface area contributed by atoms with Gasteiger partial charge in [0.1, 0.15) is 0 Å². The van der Waals surface area contributed by atoms with E-state index in [1.807, 2.05) is 11.8 Å². The fraction of sp³-hybridized carbons (Fsp3) is 0.333. The first-order valence-corrected chi connectivity index (χ1v) is 5.47. The Kier molecular flexibility index (Phi) is 3.02. The van der Waals surface area contributed by atoms with Crippen LogP contribution in [0, 0.1) is 13.8 Å². The minimum Gasteiger partial charge on any atom is -0.129 e. The molecule has 0 unspecified atom stereocenters. The SMILES string of the molecule is CSc1c(C)cc(Br)cc1C. The van der Waals surface area contributed by atoms with Crippen molar-refractivity contribution >= 4 is 27.7 Å². The summed E-state index contributed by atoms with van der Waals surface area (Å²) in [5.74, 6) is 0. The molecule has 0 spiro atoms. The first-order valence-electron chi connectivity index (χ1n) is 3.46. The molecule has 0 aliphatic rings. The number of aryl methyl sites for hydroxylation is 2. The van der Waals surface area contributed by atoms with Gasteiger partial charge in [-0.3, -0.25) is 0 Å². The second-order valence-electron chi connectivity index (χ2n) is 2.57. The summed E-state index contributed by atoms with van der Waals surface area (Å²) in [6, 6.07) is 4.30. The molecule has 0 aliphatic carbocycles. The standard InChI is InChI=1S/C9H11BrS/c1-6-4-8(10)5-7(2)9(6)11-3/h4-5H,1-3H3. The van der Waals surface area contributed by atoms with Crippen molar-refractivity contribution in [3.05, 3.63) is 27.7 Å². The number of benzene rings is 1. The Bertz CT molecular complexity index is 245. The fourth-order valence-corrected chi connectivity index (χ4v) is 2.67. The predicted molar refractivity (Wildman–Crippen MR) is 55.4 cm³/mol. The van der Waals surface area contributed by atoms with Crippen LogP contribution in [0.5, 0.6) is 0 Å². The molecule has 0 aromatic heterocycles. The third-order valence-corrected chi connectivity index (χ3v) is 3.14. The Morgan fingerprint density at radius 2 is 1.64 bits per heavy atom. The normalized spacial score (nSPS) is 10.2. The predicted octanol–water partition coefficient (Wildman–Crippen LogP) is 3.79. The topological polar surface area (TPSA) is 0 Å². The highest BCUT2D eigenvalue weighted by Crippen LogP contribution is 2.27. The zero-order valence-electron chi connectivity index (χ0n) is 6.94. The molecule has 0 nitrogen and oxygen atoms in total. The monoisotopic (exact) mass is 230 g/mol. The van der Waals surface area contributed by atoms with Gasteiger partial charge in [-0.2, -0.15) is 0 Å². The van der Waals surface area contributed by atoms with Crippen LogP contribution in [0.3, 0.4) is 0 Å². The van der Waals surface area contributed by atoms with Gasteiger partial charge in [0.2, 0.25) is 0 Å². The molecular formula is C9H11BrS. The van der Waals surface area contributed by atoms with Crippen LogP contribution in [0.15, 0.2) is 21.5 Å². The van der Waals surface area contributed by atoms with Gasteiger partial charge in [-0.25, -0.2) is 0 Å². The Morgan fingerprint density at radius 1 is 1.18 bits per heavy atom. The van der Waals surface area contributed by atoms with Crippen molar-refractivity contribution in [3.8, 4) is 0 Å². The summed E-state index contributed by atoms with van der Waals surface area (Å²) >= 11 is 5.28. The summed E-state index contributed by atoms with van der Waals surface area (Å²) in [6.45, 7) is 4.28. The first kappa shape index (κ1) is 9.14. The molecule has 1 rings (SSSR count). The maximum absolute atomic E-state index is 3.47. The zero-order chi connectivity index (χ0) is 8.43. The van der Waals surface area contributed by atoms with Gasteiger partial charge in [0.05, 0.1) is 0 Å². The lowest BCUT2D eigenvalue weighted by atomic mass is 10.2. The van der Waals surface area contributed by atoms with Crippen molar-refractivity contribution in [2.24, 2.45) is 0 Å². The van der Waals surface area contributed by atoms with E-state index in [2.05, 4.69) is 48.2 Å². The maximum Gasteiger partial charge on any atom is 0.0181 e. The molecule has 1 aromatic carbocycles. The highest BCUT2D eigenvalue weighted by atomic mass is 79.9. The van der Waals surface area contributed by atoms with E-state index in [0.717, 1.165) is 0 Å². The summed E-state index contributed by atoms with van der Waals surface area (Å²) in [4.78, 5) is 1.40. The first-order chi connectivity index (χ1) is 5.15. The molecule has 0 amide bonds. The molecule has 0 saturated carbocycles. The van der Waals surface area contributed by atoms with E-state index in [0.29, 0.717) is 0 Å². The number of hydrogen-bond donors (Lipinski definition) is 0. The van der Waals surface area contributed by atoms with E-state index >= 15 is 0 Å². The summed E-state index contributed by atoms with van der Waals surface area (Å²) in [6.07, 6.45) is 2.11. The molecule has 1 aromatic rings. The molecule has 60 valence electrons. The third kappa shape index (κ3) is 2.00. The lowest BCUT2D eigenvalue weighted by molar-refractivity contribution is 1.21. The number of thioether (sulfide) groups is 1. The van der Waals surface area contributed by atoms with E-state index in [4.69, 9.17) is 0 Å². The Hall–Kier alpha value is 0.0500. The molecule has 0 bridgehead atoms. The smallest absolute Gasteiger partial charge is 0.0181 e. The highest BCUT2D eigenvalue weighted by Gasteiger charge is 2.01. The van der Waals surface area contributed by atoms with Crippen molar-refractivity contribution in [1.82, 2.24) is 0 Å². The Labute approximate surface area is 80.5 Å². The molecule has 11 heavy (non-hydrogen) atoms. The number of rotatable bonds is 1. The van der Waals surface area contributed by atoms with Gasteiger partial charge in [-0.05, 0) is 43.4 Å². The van der Waals surface area contributed by atoms with Crippen molar-refractivity contribution in [3.63, 3.8) is 0 Å². The quantitative estimate of drug-likeness (QED) is 0.662. The van der Waals surface area contributed by atoms with Gasteiger partial charge in [0.15, 0.2) is 0 Å². The van der Waals surface area contributed by atoms with Crippen molar-refractivity contribution < 1.29 is 0 Å². The highest BCUT2D eigenvalue weighted by molar-refractivity contribution is 9.10. The van der Waals surface area contributed by atoms with E-state index in [-0.39, 0.29) is 0 Å². The van der Waals surface area contributed by atoms with Crippen LogP contribution in [0.4, 0.5) is 0 Å². The van der Waals surface area contributed by atoms with Gasteiger partial charge in [-0.15, -0.1) is 11.8 Å². The molecule has 2 heteroatoms. The minimum absolute atomic E-state index is 1.17. The second-order valence-corrected chi connectivity index (χ2v) is 4.31. The van der Waals surface area contributed by atoms with Gasteiger partial charge in [0, 0.05) is 9.37 Å². The van der Waals surface area contributed by atoms with Gasteiger partial charge in [0.25, 0.3) is 0 Å². The van der Waals surface area contributed by atoms with Crippen LogP contribution in [0.2, 0.25) is 0 Å². The van der Waals surface area contributed by atoms with Crippen LogP contribution in [-0.4, -0.2) is 6.26 Å². The number of halogens is 1. The fourth-order valence-electron chi connectivity index (χ4n) is 1.22. The Balaban J connectivity index is 3.25. The van der Waals surface area contributed by atoms with Crippen LogP contribution >= 0.6 is 27.7 Å². The van der Waals surface area contributed by atoms with Crippen molar-refractivity contribution in [2.75, 3.05) is 6.26 Å². The molecular weight excluding hydrogens is 220 g/mol. The molecule has 0 heterocycles. The molecule has 0 aliphatic heterocycles. The average Bonchev–Trinajstić information content (AvgIpc) is 1.85. The van der Waals surface area contributed by atoms with Crippen LogP contribution in [0.1, 0.15) is 11.1 Å². The van der Waals surface area contributed by atoms with Crippen molar-refractivity contribution in [2.45, 2.75) is 18.7 Å². The van der Waals surface area contributed by atoms with E-state index in [1.165, 1.54) is 20.5 Å². The molecule has 0 radical (unpaired) electrons. The molecule has 0 saturated heterocycles. The largest absolute Gasteiger partial charge is 0.129 e. The summed E-state index contributed by atoms with van der Waals surface area (Å²) in [5, 5.41) is 0. The van der Waals surface area contributed by atoms with Crippen molar-refractivity contribution in [1.29, 1.82) is 0 Å². The summed E-state index contributed by atoms with van der Waals surface area (Å²) in [7, 11) is 0. The van der Waals surface area contributed by atoms with E-state index in [1.54, 1.807) is 0 Å². The van der Waals surface area contributed by atoms with E-state index < -0.39 is 0 Å². The van der Waals surface area contributed by atoms with Gasteiger partial charge >= 0.3 is 0 Å². The lowest BCUT2D eigenvalue weighted by Gasteiger charge is -2.06. The molecule has 0 fully saturated rings. The number of hydrogen-bond acceptors (Lipinski definition) is 1.